The molecule has 0 bridgehead atoms. The standard InChI is InChI=1S/C14H19NO3S/c1-2-3-9-18-14(17)11-6-4-8-15(11)13(16)12-7-5-10-19-12/h5,7,10-11H,2-4,6,8-9H2,1H3. The SMILES string of the molecule is CCCCOC(=O)C1CCCN1C(=O)c1cccs1. The van der Waals surface area contributed by atoms with Crippen molar-refractivity contribution in [2.45, 2.75) is 38.6 Å². The van der Waals surface area contributed by atoms with Crippen LogP contribution in [0.1, 0.15) is 42.3 Å². The summed E-state index contributed by atoms with van der Waals surface area (Å²) in [5.74, 6) is -0.305. The molecule has 1 atom stereocenters. The molecular weight excluding hydrogens is 262 g/mol. The summed E-state index contributed by atoms with van der Waals surface area (Å²) in [6.45, 7) is 3.15. The first-order chi connectivity index (χ1) is 9.24. The molecule has 0 N–H and O–H groups in total. The summed E-state index contributed by atoms with van der Waals surface area (Å²) in [7, 11) is 0. The zero-order valence-electron chi connectivity index (χ0n) is 11.1. The van der Waals surface area contributed by atoms with Gasteiger partial charge >= 0.3 is 5.97 Å². The van der Waals surface area contributed by atoms with Gasteiger partial charge < -0.3 is 9.64 Å². The molecule has 1 fully saturated rings. The lowest BCUT2D eigenvalue weighted by atomic mass is 10.2. The minimum Gasteiger partial charge on any atom is -0.464 e. The molecule has 0 spiro atoms. The number of unbranched alkanes of at least 4 members (excludes halogenated alkanes) is 1. The second-order valence-electron chi connectivity index (χ2n) is 4.65. The molecule has 0 aromatic carbocycles. The van der Waals surface area contributed by atoms with E-state index < -0.39 is 6.04 Å². The summed E-state index contributed by atoms with van der Waals surface area (Å²) >= 11 is 1.41. The zero-order chi connectivity index (χ0) is 13.7. The summed E-state index contributed by atoms with van der Waals surface area (Å²) in [5.41, 5.74) is 0. The van der Waals surface area contributed by atoms with Crippen molar-refractivity contribution in [2.75, 3.05) is 13.2 Å². The number of likely N-dealkylation sites (tertiary alicyclic amines) is 1. The Morgan fingerprint density at radius 1 is 1.53 bits per heavy atom. The number of hydrogen-bond acceptors (Lipinski definition) is 4. The number of ether oxygens (including phenoxy) is 1. The number of nitrogens with zero attached hydrogens (tertiary/aromatic N) is 1. The second-order valence-corrected chi connectivity index (χ2v) is 5.60. The summed E-state index contributed by atoms with van der Waals surface area (Å²) in [6, 6.07) is 3.25. The van der Waals surface area contributed by atoms with Crippen molar-refractivity contribution in [3.63, 3.8) is 0 Å². The molecule has 4 nitrogen and oxygen atoms in total. The normalized spacial score (nSPS) is 18.6. The van der Waals surface area contributed by atoms with Gasteiger partial charge in [0.05, 0.1) is 11.5 Å². The smallest absolute Gasteiger partial charge is 0.328 e. The highest BCUT2D eigenvalue weighted by Crippen LogP contribution is 2.23. The van der Waals surface area contributed by atoms with Gasteiger partial charge in [0.1, 0.15) is 6.04 Å². The summed E-state index contributed by atoms with van der Waals surface area (Å²) in [5, 5.41) is 1.87. The van der Waals surface area contributed by atoms with Crippen LogP contribution >= 0.6 is 11.3 Å². The van der Waals surface area contributed by atoms with Crippen LogP contribution in [0.3, 0.4) is 0 Å². The lowest BCUT2D eigenvalue weighted by Crippen LogP contribution is -2.41. The number of amides is 1. The van der Waals surface area contributed by atoms with Gasteiger partial charge in [-0.2, -0.15) is 0 Å². The Labute approximate surface area is 117 Å². The molecule has 1 aromatic rings. The van der Waals surface area contributed by atoms with Gasteiger partial charge in [-0.15, -0.1) is 11.3 Å². The molecule has 0 saturated carbocycles. The highest BCUT2D eigenvalue weighted by atomic mass is 32.1. The van der Waals surface area contributed by atoms with Gasteiger partial charge in [-0.3, -0.25) is 4.79 Å². The molecule has 1 amide bonds. The largest absolute Gasteiger partial charge is 0.464 e. The Bertz CT molecular complexity index is 430. The molecule has 5 heteroatoms. The van der Waals surface area contributed by atoms with Crippen LogP contribution in [0.2, 0.25) is 0 Å². The molecule has 2 rings (SSSR count). The fourth-order valence-corrected chi connectivity index (χ4v) is 2.89. The Morgan fingerprint density at radius 2 is 2.37 bits per heavy atom. The zero-order valence-corrected chi connectivity index (χ0v) is 11.9. The molecule has 2 heterocycles. The van der Waals surface area contributed by atoms with Crippen LogP contribution in [-0.4, -0.2) is 36.0 Å². The highest BCUT2D eigenvalue weighted by molar-refractivity contribution is 7.12. The third-order valence-electron chi connectivity index (χ3n) is 3.26. The maximum Gasteiger partial charge on any atom is 0.328 e. The van der Waals surface area contributed by atoms with E-state index in [1.165, 1.54) is 11.3 Å². The molecule has 0 aliphatic carbocycles. The summed E-state index contributed by atoms with van der Waals surface area (Å²) in [6.07, 6.45) is 3.44. The van der Waals surface area contributed by atoms with Gasteiger partial charge in [-0.25, -0.2) is 4.79 Å². The fourth-order valence-electron chi connectivity index (χ4n) is 2.21. The topological polar surface area (TPSA) is 46.6 Å². The predicted octanol–water partition coefficient (Wildman–Crippen LogP) is 2.70. The molecule has 1 unspecified atom stereocenters. The van der Waals surface area contributed by atoms with Crippen molar-refractivity contribution in [1.82, 2.24) is 4.90 Å². The molecule has 0 radical (unpaired) electrons. The number of carbonyl (C=O) groups excluding carboxylic acids is 2. The Balaban J connectivity index is 1.96. The van der Waals surface area contributed by atoms with Gasteiger partial charge in [0.2, 0.25) is 0 Å². The number of thiophene rings is 1. The van der Waals surface area contributed by atoms with Crippen LogP contribution in [0, 0.1) is 0 Å². The summed E-state index contributed by atoms with van der Waals surface area (Å²) < 4.78 is 5.23. The lowest BCUT2D eigenvalue weighted by Gasteiger charge is -2.22. The van der Waals surface area contributed by atoms with Crippen LogP contribution < -0.4 is 0 Å². The lowest BCUT2D eigenvalue weighted by molar-refractivity contribution is -0.148. The van der Waals surface area contributed by atoms with E-state index in [9.17, 15) is 9.59 Å². The second kappa shape index (κ2) is 6.70. The Hall–Kier alpha value is -1.36. The molecule has 1 aromatic heterocycles. The first-order valence-electron chi connectivity index (χ1n) is 6.75. The maximum atomic E-state index is 12.3. The molecular formula is C14H19NO3S. The minimum absolute atomic E-state index is 0.0510. The van der Waals surface area contributed by atoms with Gasteiger partial charge in [0, 0.05) is 6.54 Å². The minimum atomic E-state index is -0.397. The predicted molar refractivity (Wildman–Crippen MR) is 74.2 cm³/mol. The van der Waals surface area contributed by atoms with E-state index in [1.807, 2.05) is 11.4 Å². The van der Waals surface area contributed by atoms with Crippen LogP contribution in [0.25, 0.3) is 0 Å². The molecule has 19 heavy (non-hydrogen) atoms. The number of carbonyl (C=O) groups is 2. The molecule has 1 saturated heterocycles. The van der Waals surface area contributed by atoms with E-state index in [4.69, 9.17) is 4.74 Å². The number of rotatable bonds is 5. The van der Waals surface area contributed by atoms with Crippen LogP contribution in [0.4, 0.5) is 0 Å². The quantitative estimate of drug-likeness (QED) is 0.616. The van der Waals surface area contributed by atoms with Crippen molar-refractivity contribution in [2.24, 2.45) is 0 Å². The maximum absolute atomic E-state index is 12.3. The van der Waals surface area contributed by atoms with E-state index in [-0.39, 0.29) is 11.9 Å². The van der Waals surface area contributed by atoms with Gasteiger partial charge in [0.25, 0.3) is 5.91 Å². The number of esters is 1. The average molecular weight is 281 g/mol. The first kappa shape index (κ1) is 14.1. The van der Waals surface area contributed by atoms with Crippen molar-refractivity contribution in [1.29, 1.82) is 0 Å². The molecule has 1 aliphatic rings. The summed E-state index contributed by atoms with van der Waals surface area (Å²) in [4.78, 5) is 26.6. The first-order valence-corrected chi connectivity index (χ1v) is 7.63. The molecule has 1 aliphatic heterocycles. The van der Waals surface area contributed by atoms with Gasteiger partial charge in [0.15, 0.2) is 0 Å². The fraction of sp³-hybridized carbons (Fsp3) is 0.571. The Morgan fingerprint density at radius 3 is 3.05 bits per heavy atom. The highest BCUT2D eigenvalue weighted by Gasteiger charge is 2.35. The van der Waals surface area contributed by atoms with Crippen LogP contribution in [0.5, 0.6) is 0 Å². The van der Waals surface area contributed by atoms with Gasteiger partial charge in [-0.05, 0) is 30.7 Å². The van der Waals surface area contributed by atoms with E-state index in [0.717, 1.165) is 19.3 Å². The van der Waals surface area contributed by atoms with Crippen molar-refractivity contribution in [3.8, 4) is 0 Å². The van der Waals surface area contributed by atoms with Crippen molar-refractivity contribution >= 4 is 23.2 Å². The van der Waals surface area contributed by atoms with E-state index in [1.54, 1.807) is 11.0 Å². The molecule has 104 valence electrons. The third-order valence-corrected chi connectivity index (χ3v) is 4.12. The third kappa shape index (κ3) is 3.35. The van der Waals surface area contributed by atoms with Crippen molar-refractivity contribution < 1.29 is 14.3 Å². The van der Waals surface area contributed by atoms with Gasteiger partial charge in [-0.1, -0.05) is 19.4 Å². The monoisotopic (exact) mass is 281 g/mol. The Kier molecular flexibility index (Phi) is 4.96. The van der Waals surface area contributed by atoms with E-state index >= 15 is 0 Å². The van der Waals surface area contributed by atoms with Crippen LogP contribution in [-0.2, 0) is 9.53 Å². The van der Waals surface area contributed by atoms with E-state index in [2.05, 4.69) is 6.92 Å². The van der Waals surface area contributed by atoms with Crippen LogP contribution in [0.15, 0.2) is 17.5 Å². The van der Waals surface area contributed by atoms with Crippen molar-refractivity contribution in [3.05, 3.63) is 22.4 Å². The van der Waals surface area contributed by atoms with E-state index in [0.29, 0.717) is 24.4 Å². The number of hydrogen-bond donors (Lipinski definition) is 0. The average Bonchev–Trinajstić information content (AvgIpc) is 3.09.